The number of nitriles is 2. The van der Waals surface area contributed by atoms with Crippen molar-refractivity contribution in [1.82, 2.24) is 14.1 Å². The largest absolute Gasteiger partial charge is 0.307 e. The van der Waals surface area contributed by atoms with E-state index in [0.29, 0.717) is 16.8 Å². The summed E-state index contributed by atoms with van der Waals surface area (Å²) in [5.74, 6) is 0. The van der Waals surface area contributed by atoms with Gasteiger partial charge in [0.1, 0.15) is 0 Å². The second-order valence-corrected chi connectivity index (χ2v) is 13.7. The standard InChI is InChI=1S/C50H28N6/c1-53-43-18-7-4-15-38(43)34-22-24-47-42(27-34)40-17-6-9-20-45(40)56(47)49-31-54-30-48(50(49)35-13-10-11-32(25-35)28-51)55-44-19-8-5-16-39(44)41-26-33(21-23-46(41)55)37-14-3-2-12-36(37)29-52/h2-27,30-31H. The highest BCUT2D eigenvalue weighted by molar-refractivity contribution is 6.13. The summed E-state index contributed by atoms with van der Waals surface area (Å²) in [4.78, 5) is 8.76. The lowest BCUT2D eigenvalue weighted by Gasteiger charge is -2.19. The second-order valence-electron chi connectivity index (χ2n) is 13.7. The van der Waals surface area contributed by atoms with Crippen LogP contribution in [0.25, 0.3) is 93.2 Å². The van der Waals surface area contributed by atoms with Gasteiger partial charge in [0.2, 0.25) is 0 Å². The number of hydrogen-bond donors (Lipinski definition) is 0. The van der Waals surface area contributed by atoms with Gasteiger partial charge in [-0.3, -0.25) is 4.98 Å². The molecule has 0 N–H and O–H groups in total. The molecule has 0 spiro atoms. The van der Waals surface area contributed by atoms with E-state index in [1.54, 1.807) is 0 Å². The zero-order valence-corrected chi connectivity index (χ0v) is 29.8. The van der Waals surface area contributed by atoms with E-state index in [-0.39, 0.29) is 0 Å². The Balaban J connectivity index is 1.29. The summed E-state index contributed by atoms with van der Waals surface area (Å²) in [6.45, 7) is 7.81. The van der Waals surface area contributed by atoms with E-state index in [4.69, 9.17) is 11.6 Å². The third kappa shape index (κ3) is 4.97. The molecule has 0 unspecified atom stereocenters. The van der Waals surface area contributed by atoms with Crippen LogP contribution < -0.4 is 0 Å². The Kier molecular flexibility index (Phi) is 7.53. The Morgan fingerprint density at radius 3 is 1.66 bits per heavy atom. The highest BCUT2D eigenvalue weighted by Gasteiger charge is 2.23. The van der Waals surface area contributed by atoms with E-state index >= 15 is 0 Å². The molecule has 0 aliphatic rings. The minimum atomic E-state index is 0.560. The highest BCUT2D eigenvalue weighted by atomic mass is 15.0. The number of nitrogens with zero attached hydrogens (tertiary/aromatic N) is 6. The maximum Gasteiger partial charge on any atom is 0.194 e. The average Bonchev–Trinajstić information content (AvgIpc) is 3.78. The first-order valence-corrected chi connectivity index (χ1v) is 18.2. The van der Waals surface area contributed by atoms with E-state index in [0.717, 1.165) is 88.4 Å². The number of fused-ring (bicyclic) bond motifs is 6. The van der Waals surface area contributed by atoms with E-state index in [9.17, 15) is 10.5 Å². The number of hydrogen-bond acceptors (Lipinski definition) is 3. The lowest BCUT2D eigenvalue weighted by Crippen LogP contribution is -2.05. The van der Waals surface area contributed by atoms with Crippen LogP contribution in [0.4, 0.5) is 5.69 Å². The zero-order chi connectivity index (χ0) is 37.8. The third-order valence-corrected chi connectivity index (χ3v) is 10.7. The SMILES string of the molecule is [C-]#[N+]c1ccccc1-c1ccc2c(c1)c1ccccc1n2-c1cncc(-n2c3ccccc3c3cc(-c4ccccc4C#N)ccc32)c1-c1cccc(C#N)c1. The molecule has 7 aromatic carbocycles. The molecule has 0 amide bonds. The summed E-state index contributed by atoms with van der Waals surface area (Å²) in [7, 11) is 0. The summed E-state index contributed by atoms with van der Waals surface area (Å²) >= 11 is 0. The Hall–Kier alpha value is -8.24. The molecule has 0 atom stereocenters. The fourth-order valence-electron chi connectivity index (χ4n) is 8.27. The van der Waals surface area contributed by atoms with Crippen molar-refractivity contribution in [2.45, 2.75) is 0 Å². The zero-order valence-electron chi connectivity index (χ0n) is 29.8. The van der Waals surface area contributed by atoms with Gasteiger partial charge in [-0.2, -0.15) is 10.5 Å². The van der Waals surface area contributed by atoms with Gasteiger partial charge in [0.05, 0.1) is 75.7 Å². The first-order valence-electron chi connectivity index (χ1n) is 18.2. The van der Waals surface area contributed by atoms with Crippen LogP contribution in [-0.4, -0.2) is 14.1 Å². The van der Waals surface area contributed by atoms with E-state index in [1.165, 1.54) is 0 Å². The lowest BCUT2D eigenvalue weighted by molar-refractivity contribution is 1.09. The number of benzene rings is 7. The Bertz CT molecular complexity index is 3170. The molecule has 10 rings (SSSR count). The number of rotatable bonds is 5. The van der Waals surface area contributed by atoms with Gasteiger partial charge < -0.3 is 9.13 Å². The van der Waals surface area contributed by atoms with Gasteiger partial charge in [-0.15, -0.1) is 0 Å². The van der Waals surface area contributed by atoms with Crippen LogP contribution in [0.1, 0.15) is 11.1 Å². The average molecular weight is 713 g/mol. The fourth-order valence-corrected chi connectivity index (χ4v) is 8.27. The van der Waals surface area contributed by atoms with Crippen molar-refractivity contribution in [1.29, 1.82) is 10.5 Å². The van der Waals surface area contributed by atoms with Crippen molar-refractivity contribution in [2.75, 3.05) is 0 Å². The molecule has 258 valence electrons. The molecule has 0 aliphatic carbocycles. The predicted octanol–water partition coefficient (Wildman–Crippen LogP) is 12.6. The van der Waals surface area contributed by atoms with E-state index in [2.05, 4.69) is 111 Å². The molecule has 0 radical (unpaired) electrons. The quantitative estimate of drug-likeness (QED) is 0.167. The summed E-state index contributed by atoms with van der Waals surface area (Å²) in [5, 5.41) is 24.3. The normalized spacial score (nSPS) is 11.2. The van der Waals surface area contributed by atoms with Crippen LogP contribution in [0.5, 0.6) is 0 Å². The second kappa shape index (κ2) is 13.0. The van der Waals surface area contributed by atoms with Crippen molar-refractivity contribution in [3.63, 3.8) is 0 Å². The third-order valence-electron chi connectivity index (χ3n) is 10.7. The van der Waals surface area contributed by atoms with Gasteiger partial charge in [-0.05, 0) is 82.4 Å². The molecule has 6 heteroatoms. The number of para-hydroxylation sites is 3. The molecule has 0 fully saturated rings. The monoisotopic (exact) mass is 712 g/mol. The molecule has 3 heterocycles. The van der Waals surface area contributed by atoms with E-state index in [1.807, 2.05) is 85.2 Å². The van der Waals surface area contributed by atoms with Crippen molar-refractivity contribution in [3.8, 4) is 56.9 Å². The number of aromatic nitrogens is 3. The van der Waals surface area contributed by atoms with Gasteiger partial charge in [0.25, 0.3) is 0 Å². The van der Waals surface area contributed by atoms with Crippen LogP contribution >= 0.6 is 0 Å². The lowest BCUT2D eigenvalue weighted by atomic mass is 9.98. The van der Waals surface area contributed by atoms with Crippen LogP contribution in [0.15, 0.2) is 170 Å². The van der Waals surface area contributed by atoms with E-state index < -0.39 is 0 Å². The predicted molar refractivity (Wildman–Crippen MR) is 225 cm³/mol. The molecule has 6 nitrogen and oxygen atoms in total. The summed E-state index contributed by atoms with van der Waals surface area (Å²) in [6, 6.07) is 57.4. The van der Waals surface area contributed by atoms with Crippen LogP contribution in [0.3, 0.4) is 0 Å². The van der Waals surface area contributed by atoms with Gasteiger partial charge in [-0.1, -0.05) is 103 Å². The first kappa shape index (κ1) is 32.4. The summed E-state index contributed by atoms with van der Waals surface area (Å²) in [6.07, 6.45) is 3.83. The Labute approximate surface area is 322 Å². The van der Waals surface area contributed by atoms with Crippen LogP contribution in [0, 0.1) is 29.2 Å². The molecular formula is C50H28N6. The molecule has 0 saturated carbocycles. The maximum absolute atomic E-state index is 10.1. The summed E-state index contributed by atoms with van der Waals surface area (Å²) in [5.41, 5.74) is 13.1. The maximum atomic E-state index is 10.1. The molecule has 10 aromatic rings. The highest BCUT2D eigenvalue weighted by Crippen LogP contribution is 2.43. The Morgan fingerprint density at radius 1 is 0.482 bits per heavy atom. The smallest absolute Gasteiger partial charge is 0.194 e. The van der Waals surface area contributed by atoms with Crippen molar-refractivity contribution in [3.05, 3.63) is 193 Å². The minimum Gasteiger partial charge on any atom is -0.307 e. The van der Waals surface area contributed by atoms with Crippen molar-refractivity contribution in [2.24, 2.45) is 0 Å². The first-order chi connectivity index (χ1) is 27.7. The molecule has 0 saturated heterocycles. The topological polar surface area (TPSA) is 74.7 Å². The number of pyridine rings is 1. The van der Waals surface area contributed by atoms with Crippen molar-refractivity contribution >= 4 is 49.3 Å². The molecule has 3 aromatic heterocycles. The van der Waals surface area contributed by atoms with Gasteiger partial charge in [0, 0.05) is 27.1 Å². The van der Waals surface area contributed by atoms with Crippen LogP contribution in [-0.2, 0) is 0 Å². The molecule has 56 heavy (non-hydrogen) atoms. The molecule has 0 aliphatic heterocycles. The fraction of sp³-hybridized carbons (Fsp3) is 0. The van der Waals surface area contributed by atoms with Crippen LogP contribution in [0.2, 0.25) is 0 Å². The minimum absolute atomic E-state index is 0.560. The summed E-state index contributed by atoms with van der Waals surface area (Å²) < 4.78 is 4.54. The van der Waals surface area contributed by atoms with Gasteiger partial charge in [0.15, 0.2) is 5.69 Å². The molecular weight excluding hydrogens is 685 g/mol. The van der Waals surface area contributed by atoms with Gasteiger partial charge >= 0.3 is 0 Å². The van der Waals surface area contributed by atoms with Gasteiger partial charge in [-0.25, -0.2) is 4.85 Å². The Morgan fingerprint density at radius 2 is 1.04 bits per heavy atom. The molecule has 0 bridgehead atoms. The van der Waals surface area contributed by atoms with Crippen molar-refractivity contribution < 1.29 is 0 Å².